The number of benzene rings is 1. The Labute approximate surface area is 118 Å². The number of rotatable bonds is 5. The van der Waals surface area contributed by atoms with Crippen LogP contribution in [0.2, 0.25) is 0 Å². The average molecular weight is 295 g/mol. The van der Waals surface area contributed by atoms with E-state index in [9.17, 15) is 13.2 Å². The van der Waals surface area contributed by atoms with Gasteiger partial charge in [-0.05, 0) is 19.2 Å². The quantitative estimate of drug-likeness (QED) is 0.624. The van der Waals surface area contributed by atoms with Crippen molar-refractivity contribution in [1.82, 2.24) is 10.0 Å². The van der Waals surface area contributed by atoms with Crippen molar-refractivity contribution in [2.24, 2.45) is 5.73 Å². The normalized spacial score (nSPS) is 10.5. The van der Waals surface area contributed by atoms with Crippen molar-refractivity contribution >= 4 is 15.9 Å². The molecule has 1 amide bonds. The number of nitrogens with two attached hydrogens (primary N) is 1. The molecule has 0 saturated carbocycles. The van der Waals surface area contributed by atoms with Crippen molar-refractivity contribution in [2.45, 2.75) is 0 Å². The lowest BCUT2D eigenvalue weighted by Gasteiger charge is -2.07. The zero-order valence-corrected chi connectivity index (χ0v) is 12.0. The lowest BCUT2D eigenvalue weighted by molar-refractivity contribution is 0.0956. The van der Waals surface area contributed by atoms with Gasteiger partial charge in [0.2, 0.25) is 10.0 Å². The van der Waals surface area contributed by atoms with Crippen molar-refractivity contribution in [3.63, 3.8) is 0 Å². The molecule has 6 nitrogen and oxygen atoms in total. The van der Waals surface area contributed by atoms with E-state index in [1.807, 2.05) is 0 Å². The van der Waals surface area contributed by atoms with Crippen LogP contribution in [0.4, 0.5) is 0 Å². The molecule has 0 radical (unpaired) electrons. The van der Waals surface area contributed by atoms with Crippen molar-refractivity contribution in [3.8, 4) is 11.8 Å². The van der Waals surface area contributed by atoms with Gasteiger partial charge < -0.3 is 11.1 Å². The second-order valence-electron chi connectivity index (χ2n) is 3.83. The van der Waals surface area contributed by atoms with E-state index < -0.39 is 10.0 Å². The smallest absolute Gasteiger partial charge is 0.252 e. The SMILES string of the molecule is CNS(=O)(=O)CCNC(=O)c1ccccc1C#CCN. The van der Waals surface area contributed by atoms with E-state index in [1.165, 1.54) is 7.05 Å². The molecule has 1 aromatic rings. The van der Waals surface area contributed by atoms with Crippen molar-refractivity contribution in [3.05, 3.63) is 35.4 Å². The molecule has 0 spiro atoms. The molecule has 108 valence electrons. The minimum absolute atomic E-state index is 0.0284. The summed E-state index contributed by atoms with van der Waals surface area (Å²) in [5.41, 5.74) is 6.26. The Morgan fingerprint density at radius 3 is 2.70 bits per heavy atom. The number of carbonyl (C=O) groups excluding carboxylic acids is 1. The Balaban J connectivity index is 2.73. The summed E-state index contributed by atoms with van der Waals surface area (Å²) >= 11 is 0. The van der Waals surface area contributed by atoms with Gasteiger partial charge >= 0.3 is 0 Å². The molecule has 20 heavy (non-hydrogen) atoms. The largest absolute Gasteiger partial charge is 0.351 e. The van der Waals surface area contributed by atoms with E-state index in [1.54, 1.807) is 24.3 Å². The Morgan fingerprint density at radius 2 is 2.05 bits per heavy atom. The first-order chi connectivity index (χ1) is 9.50. The van der Waals surface area contributed by atoms with E-state index >= 15 is 0 Å². The molecule has 0 unspecified atom stereocenters. The van der Waals surface area contributed by atoms with Crippen LogP contribution in [0, 0.1) is 11.8 Å². The van der Waals surface area contributed by atoms with Crippen LogP contribution in [0.5, 0.6) is 0 Å². The lowest BCUT2D eigenvalue weighted by Crippen LogP contribution is -2.33. The highest BCUT2D eigenvalue weighted by Crippen LogP contribution is 2.06. The molecule has 7 heteroatoms. The third-order valence-corrected chi connectivity index (χ3v) is 3.83. The van der Waals surface area contributed by atoms with Crippen LogP contribution in [0.3, 0.4) is 0 Å². The van der Waals surface area contributed by atoms with E-state index in [-0.39, 0.29) is 24.7 Å². The van der Waals surface area contributed by atoms with Crippen molar-refractivity contribution in [1.29, 1.82) is 0 Å². The monoisotopic (exact) mass is 295 g/mol. The average Bonchev–Trinajstić information content (AvgIpc) is 2.45. The Kier molecular flexibility index (Phi) is 6.18. The number of sulfonamides is 1. The highest BCUT2D eigenvalue weighted by molar-refractivity contribution is 7.89. The van der Waals surface area contributed by atoms with E-state index in [0.29, 0.717) is 11.1 Å². The predicted molar refractivity (Wildman–Crippen MR) is 77.6 cm³/mol. The number of hydrogen-bond donors (Lipinski definition) is 3. The second-order valence-corrected chi connectivity index (χ2v) is 5.88. The molecule has 0 heterocycles. The van der Waals surface area contributed by atoms with Crippen LogP contribution in [0.25, 0.3) is 0 Å². The van der Waals surface area contributed by atoms with E-state index in [4.69, 9.17) is 5.73 Å². The van der Waals surface area contributed by atoms with E-state index in [2.05, 4.69) is 21.9 Å². The predicted octanol–water partition coefficient (Wildman–Crippen LogP) is -0.724. The van der Waals surface area contributed by atoms with Gasteiger partial charge in [0, 0.05) is 12.1 Å². The summed E-state index contributed by atoms with van der Waals surface area (Å²) < 4.78 is 24.6. The first kappa shape index (κ1) is 16.2. The zero-order chi connectivity index (χ0) is 15.0. The van der Waals surface area contributed by atoms with Crippen LogP contribution in [-0.4, -0.2) is 40.2 Å². The van der Waals surface area contributed by atoms with Gasteiger partial charge in [0.1, 0.15) is 0 Å². The van der Waals surface area contributed by atoms with Crippen molar-refractivity contribution in [2.75, 3.05) is 25.9 Å². The second kappa shape index (κ2) is 7.65. The maximum atomic E-state index is 12.0. The minimum Gasteiger partial charge on any atom is -0.351 e. The van der Waals surface area contributed by atoms with Crippen molar-refractivity contribution < 1.29 is 13.2 Å². The fourth-order valence-corrected chi connectivity index (χ4v) is 2.01. The van der Waals surface area contributed by atoms with Gasteiger partial charge in [-0.2, -0.15) is 0 Å². The number of amides is 1. The first-order valence-corrected chi connectivity index (χ1v) is 7.63. The molecule has 0 aliphatic carbocycles. The molecule has 0 fully saturated rings. The van der Waals surface area contributed by atoms with Gasteiger partial charge in [0.05, 0.1) is 17.9 Å². The fourth-order valence-electron chi connectivity index (χ4n) is 1.43. The first-order valence-electron chi connectivity index (χ1n) is 5.97. The number of hydrogen-bond acceptors (Lipinski definition) is 4. The Morgan fingerprint density at radius 1 is 1.35 bits per heavy atom. The molecule has 0 saturated heterocycles. The molecule has 0 atom stereocenters. The van der Waals surface area contributed by atoms with Gasteiger partial charge in [0.15, 0.2) is 0 Å². The third kappa shape index (κ3) is 5.01. The van der Waals surface area contributed by atoms with Gasteiger partial charge in [-0.15, -0.1) is 0 Å². The van der Waals surface area contributed by atoms with Crippen LogP contribution in [0.1, 0.15) is 15.9 Å². The summed E-state index contributed by atoms with van der Waals surface area (Å²) in [7, 11) is -2.00. The molecule has 1 aromatic carbocycles. The minimum atomic E-state index is -3.33. The van der Waals surface area contributed by atoms with Gasteiger partial charge in [-0.25, -0.2) is 13.1 Å². The third-order valence-electron chi connectivity index (χ3n) is 2.46. The number of nitrogens with one attached hydrogen (secondary N) is 2. The van der Waals surface area contributed by atoms with Crippen LogP contribution >= 0.6 is 0 Å². The molecule has 0 aromatic heterocycles. The zero-order valence-electron chi connectivity index (χ0n) is 11.1. The molecular weight excluding hydrogens is 278 g/mol. The summed E-state index contributed by atoms with van der Waals surface area (Å²) in [5.74, 6) is 4.95. The molecule has 1 rings (SSSR count). The molecule has 0 aliphatic rings. The maximum absolute atomic E-state index is 12.0. The highest BCUT2D eigenvalue weighted by atomic mass is 32.2. The lowest BCUT2D eigenvalue weighted by atomic mass is 10.1. The molecule has 0 aliphatic heterocycles. The topological polar surface area (TPSA) is 101 Å². The van der Waals surface area contributed by atoms with Gasteiger partial charge in [0.25, 0.3) is 5.91 Å². The molecular formula is C13H17N3O3S. The summed E-state index contributed by atoms with van der Waals surface area (Å²) in [5, 5.41) is 2.55. The fraction of sp³-hybridized carbons (Fsp3) is 0.308. The van der Waals surface area contributed by atoms with E-state index in [0.717, 1.165) is 0 Å². The molecule has 4 N–H and O–H groups in total. The molecule has 0 bridgehead atoms. The summed E-state index contributed by atoms with van der Waals surface area (Å²) in [4.78, 5) is 12.0. The van der Waals surface area contributed by atoms with Crippen LogP contribution < -0.4 is 15.8 Å². The summed E-state index contributed by atoms with van der Waals surface area (Å²) in [6, 6.07) is 6.82. The Bertz CT molecular complexity index is 630. The summed E-state index contributed by atoms with van der Waals surface area (Å²) in [6.45, 7) is 0.233. The maximum Gasteiger partial charge on any atom is 0.252 e. The Hall–Kier alpha value is -1.88. The van der Waals surface area contributed by atoms with Crippen LogP contribution in [-0.2, 0) is 10.0 Å². The van der Waals surface area contributed by atoms with Gasteiger partial charge in [-0.1, -0.05) is 24.0 Å². The highest BCUT2D eigenvalue weighted by Gasteiger charge is 2.11. The summed E-state index contributed by atoms with van der Waals surface area (Å²) in [6.07, 6.45) is 0. The van der Waals surface area contributed by atoms with Gasteiger partial charge in [-0.3, -0.25) is 4.79 Å². The standard InChI is InChI=1S/C13H17N3O3S/c1-15-20(18,19)10-9-16-13(17)12-7-3-2-5-11(12)6-4-8-14/h2-3,5,7,15H,8-10,14H2,1H3,(H,16,17). The van der Waals surface area contributed by atoms with Crippen LogP contribution in [0.15, 0.2) is 24.3 Å². The number of carbonyl (C=O) groups is 1.